The Hall–Kier alpha value is -3.10. The van der Waals surface area contributed by atoms with Gasteiger partial charge in [0.1, 0.15) is 5.75 Å². The summed E-state index contributed by atoms with van der Waals surface area (Å²) in [6.45, 7) is 2.53. The minimum absolute atomic E-state index is 0.0220. The second kappa shape index (κ2) is 9.15. The number of hydrogen-bond donors (Lipinski definition) is 1. The van der Waals surface area contributed by atoms with Crippen LogP contribution in [0.5, 0.6) is 5.75 Å². The number of ether oxygens (including phenoxy) is 2. The monoisotopic (exact) mass is 417 g/mol. The number of hydrogen-bond acceptors (Lipinski definition) is 6. The summed E-state index contributed by atoms with van der Waals surface area (Å²) in [5, 5.41) is 0. The molecule has 0 radical (unpaired) electrons. The first kappa shape index (κ1) is 21.6. The zero-order valence-electron chi connectivity index (χ0n) is 17.3. The average Bonchev–Trinajstić information content (AvgIpc) is 3.13. The van der Waals surface area contributed by atoms with Crippen LogP contribution in [0.1, 0.15) is 24.8 Å². The summed E-state index contributed by atoms with van der Waals surface area (Å²) >= 11 is 0. The van der Waals surface area contributed by atoms with Gasteiger partial charge in [0.15, 0.2) is 6.61 Å². The molecule has 1 atom stereocenters. The number of anilines is 1. The molecule has 1 aromatic carbocycles. The molecule has 2 saturated heterocycles. The van der Waals surface area contributed by atoms with E-state index < -0.39 is 11.9 Å². The Morgan fingerprint density at radius 2 is 1.87 bits per heavy atom. The third kappa shape index (κ3) is 4.72. The molecule has 0 bridgehead atoms. The largest absolute Gasteiger partial charge is 0.495 e. The van der Waals surface area contributed by atoms with Crippen molar-refractivity contribution in [1.29, 1.82) is 0 Å². The Morgan fingerprint density at radius 3 is 2.50 bits per heavy atom. The van der Waals surface area contributed by atoms with Gasteiger partial charge in [0.25, 0.3) is 5.91 Å². The maximum absolute atomic E-state index is 12.5. The van der Waals surface area contributed by atoms with Gasteiger partial charge in [-0.15, -0.1) is 0 Å². The summed E-state index contributed by atoms with van der Waals surface area (Å²) in [5.74, 6) is -1.74. The summed E-state index contributed by atoms with van der Waals surface area (Å²) in [4.78, 5) is 51.6. The molecular weight excluding hydrogens is 390 g/mol. The van der Waals surface area contributed by atoms with Crippen LogP contribution in [0.15, 0.2) is 18.2 Å². The van der Waals surface area contributed by atoms with E-state index in [1.54, 1.807) is 11.0 Å². The van der Waals surface area contributed by atoms with E-state index in [2.05, 4.69) is 0 Å². The molecule has 9 heteroatoms. The van der Waals surface area contributed by atoms with Crippen LogP contribution < -0.4 is 15.4 Å². The van der Waals surface area contributed by atoms with Gasteiger partial charge in [0.2, 0.25) is 11.8 Å². The summed E-state index contributed by atoms with van der Waals surface area (Å²) < 4.78 is 10.5. The highest BCUT2D eigenvalue weighted by Crippen LogP contribution is 2.34. The second-order valence-electron chi connectivity index (χ2n) is 7.75. The third-order valence-electron chi connectivity index (χ3n) is 5.67. The summed E-state index contributed by atoms with van der Waals surface area (Å²) in [7, 11) is 1.53. The highest BCUT2D eigenvalue weighted by atomic mass is 16.5. The number of piperidine rings is 1. The highest BCUT2D eigenvalue weighted by molar-refractivity contribution is 6.00. The van der Waals surface area contributed by atoms with Gasteiger partial charge in [-0.25, -0.2) is 0 Å². The molecule has 2 heterocycles. The summed E-state index contributed by atoms with van der Waals surface area (Å²) in [6, 6.07) is 5.50. The Bertz CT molecular complexity index is 847. The number of esters is 1. The third-order valence-corrected chi connectivity index (χ3v) is 5.67. The highest BCUT2D eigenvalue weighted by Gasteiger charge is 2.37. The molecule has 2 aliphatic heterocycles. The van der Waals surface area contributed by atoms with E-state index in [-0.39, 0.29) is 43.2 Å². The number of nitrogens with zero attached hydrogens (tertiary/aromatic N) is 2. The first-order valence-corrected chi connectivity index (χ1v) is 9.99. The fraction of sp³-hybridized carbons (Fsp3) is 0.524. The number of benzene rings is 1. The Balaban J connectivity index is 1.53. The molecule has 0 unspecified atom stereocenters. The van der Waals surface area contributed by atoms with E-state index in [4.69, 9.17) is 15.2 Å². The number of amides is 3. The summed E-state index contributed by atoms with van der Waals surface area (Å²) in [6.07, 6.45) is 1.05. The van der Waals surface area contributed by atoms with E-state index in [1.807, 2.05) is 19.1 Å². The number of carbonyl (C=O) groups excluding carboxylic acids is 4. The van der Waals surface area contributed by atoms with Crippen molar-refractivity contribution in [1.82, 2.24) is 4.90 Å². The van der Waals surface area contributed by atoms with Gasteiger partial charge < -0.3 is 25.0 Å². The minimum Gasteiger partial charge on any atom is -0.495 e. The standard InChI is InChI=1S/C21H27N3O6/c1-13-3-4-17(29-2)16(9-13)24-11-15(10-18(24)25)21(28)30-12-19(26)23-7-5-14(6-8-23)20(22)27/h3-4,9,14-15H,5-8,10-12H2,1-2H3,(H2,22,27)/t15-/m0/s1. The molecule has 0 spiro atoms. The first-order chi connectivity index (χ1) is 14.3. The van der Waals surface area contributed by atoms with Crippen LogP contribution >= 0.6 is 0 Å². The number of nitrogens with two attached hydrogens (primary N) is 1. The van der Waals surface area contributed by atoms with E-state index in [1.165, 1.54) is 12.0 Å². The van der Waals surface area contributed by atoms with E-state index in [9.17, 15) is 19.2 Å². The molecule has 2 N–H and O–H groups in total. The van der Waals surface area contributed by atoms with Gasteiger partial charge in [0, 0.05) is 32.0 Å². The molecule has 1 aromatic rings. The molecule has 2 aliphatic rings. The van der Waals surface area contributed by atoms with Crippen molar-refractivity contribution in [2.75, 3.05) is 38.3 Å². The number of methoxy groups -OCH3 is 1. The van der Waals surface area contributed by atoms with Crippen LogP contribution in [-0.2, 0) is 23.9 Å². The van der Waals surface area contributed by atoms with Crippen LogP contribution in [-0.4, -0.2) is 61.9 Å². The fourth-order valence-corrected chi connectivity index (χ4v) is 3.86. The Labute approximate surface area is 175 Å². The fourth-order valence-electron chi connectivity index (χ4n) is 3.86. The zero-order chi connectivity index (χ0) is 21.8. The van der Waals surface area contributed by atoms with E-state index in [0.717, 1.165) is 5.56 Å². The molecule has 2 fully saturated rings. The maximum atomic E-state index is 12.5. The van der Waals surface area contributed by atoms with Crippen LogP contribution in [0, 0.1) is 18.8 Å². The lowest BCUT2D eigenvalue weighted by Gasteiger charge is -2.30. The van der Waals surface area contributed by atoms with Crippen LogP contribution in [0.4, 0.5) is 5.69 Å². The van der Waals surface area contributed by atoms with Crippen molar-refractivity contribution in [2.24, 2.45) is 17.6 Å². The second-order valence-corrected chi connectivity index (χ2v) is 7.75. The normalized spacial score (nSPS) is 19.7. The van der Waals surface area contributed by atoms with Crippen molar-refractivity contribution < 1.29 is 28.7 Å². The molecule has 162 valence electrons. The number of primary amides is 1. The molecule has 0 saturated carbocycles. The lowest BCUT2D eigenvalue weighted by molar-refractivity contribution is -0.155. The number of aryl methyl sites for hydroxylation is 1. The van der Waals surface area contributed by atoms with Crippen LogP contribution in [0.2, 0.25) is 0 Å². The predicted octanol–water partition coefficient (Wildman–Crippen LogP) is 0.624. The maximum Gasteiger partial charge on any atom is 0.311 e. The number of carbonyl (C=O) groups is 4. The van der Waals surface area contributed by atoms with Crippen LogP contribution in [0.25, 0.3) is 0 Å². The predicted molar refractivity (Wildman–Crippen MR) is 108 cm³/mol. The number of likely N-dealkylation sites (tertiary alicyclic amines) is 1. The minimum atomic E-state index is -0.642. The van der Waals surface area contributed by atoms with Crippen molar-refractivity contribution >= 4 is 29.4 Å². The van der Waals surface area contributed by atoms with E-state index in [0.29, 0.717) is 37.4 Å². The number of rotatable bonds is 6. The topological polar surface area (TPSA) is 119 Å². The molecular formula is C21H27N3O6. The molecule has 3 amide bonds. The van der Waals surface area contributed by atoms with Gasteiger partial charge >= 0.3 is 5.97 Å². The zero-order valence-corrected chi connectivity index (χ0v) is 17.3. The van der Waals surface area contributed by atoms with Crippen molar-refractivity contribution in [2.45, 2.75) is 26.2 Å². The summed E-state index contributed by atoms with van der Waals surface area (Å²) in [5.41, 5.74) is 6.88. The smallest absolute Gasteiger partial charge is 0.311 e. The molecule has 0 aliphatic carbocycles. The van der Waals surface area contributed by atoms with Gasteiger partial charge in [-0.1, -0.05) is 6.07 Å². The lowest BCUT2D eigenvalue weighted by Crippen LogP contribution is -2.43. The van der Waals surface area contributed by atoms with Crippen molar-refractivity contribution in [3.63, 3.8) is 0 Å². The molecule has 0 aromatic heterocycles. The quantitative estimate of drug-likeness (QED) is 0.678. The van der Waals surface area contributed by atoms with Crippen molar-refractivity contribution in [3.8, 4) is 5.75 Å². The average molecular weight is 417 g/mol. The molecule has 9 nitrogen and oxygen atoms in total. The van der Waals surface area contributed by atoms with Gasteiger partial charge in [-0.3, -0.25) is 19.2 Å². The van der Waals surface area contributed by atoms with Crippen LogP contribution in [0.3, 0.4) is 0 Å². The van der Waals surface area contributed by atoms with Gasteiger partial charge in [-0.05, 0) is 37.5 Å². The Kier molecular flexibility index (Phi) is 6.59. The van der Waals surface area contributed by atoms with Gasteiger partial charge in [-0.2, -0.15) is 0 Å². The van der Waals surface area contributed by atoms with Crippen molar-refractivity contribution in [3.05, 3.63) is 23.8 Å². The Morgan fingerprint density at radius 1 is 1.17 bits per heavy atom. The lowest BCUT2D eigenvalue weighted by atomic mass is 9.96. The molecule has 3 rings (SSSR count). The van der Waals surface area contributed by atoms with E-state index >= 15 is 0 Å². The SMILES string of the molecule is COc1ccc(C)cc1N1C[C@@H](C(=O)OCC(=O)N2CCC(C(N)=O)CC2)CC1=O. The first-order valence-electron chi connectivity index (χ1n) is 9.99. The molecule has 30 heavy (non-hydrogen) atoms. The van der Waals surface area contributed by atoms with Gasteiger partial charge in [0.05, 0.1) is 18.7 Å².